The molecule has 0 radical (unpaired) electrons. The molecule has 49 heavy (non-hydrogen) atoms. The van der Waals surface area contributed by atoms with Gasteiger partial charge in [0.05, 0.1) is 4.91 Å². The largest absolute Gasteiger partial charge is 0.289 e. The monoisotopic (exact) mass is 684 g/mol. The van der Waals surface area contributed by atoms with Gasteiger partial charge in [-0.3, -0.25) is 9.59 Å². The molecule has 3 heteroatoms. The van der Waals surface area contributed by atoms with Gasteiger partial charge in [-0.2, -0.15) is 0 Å². The van der Waals surface area contributed by atoms with E-state index in [9.17, 15) is 9.59 Å². The summed E-state index contributed by atoms with van der Waals surface area (Å²) in [5.41, 5.74) is 8.97. The van der Waals surface area contributed by atoms with E-state index in [1.165, 1.54) is 85.4 Å². The summed E-state index contributed by atoms with van der Waals surface area (Å²) in [6.07, 6.45) is 31.1. The van der Waals surface area contributed by atoms with Gasteiger partial charge in [0, 0.05) is 16.7 Å². The number of benzene rings is 1. The molecule has 0 aliphatic heterocycles. The molecule has 2 nitrogen and oxygen atoms in total. The summed E-state index contributed by atoms with van der Waals surface area (Å²) in [6.45, 7) is 18.3. The molecule has 0 amide bonds. The highest BCUT2D eigenvalue weighted by molar-refractivity contribution is 8.03. The second-order valence-electron chi connectivity index (χ2n) is 15.1. The van der Waals surface area contributed by atoms with E-state index in [1.807, 2.05) is 18.4 Å². The SMILES string of the molecule is CSC1=C(C/C=C(/C)CC/C=C(/C)CC/C=C(/C)CC/C=C(/C)CC/C=C(/C)CCCC(C)CCCC(C)C)C(=O)c2ccccc2C1=O. The summed E-state index contributed by atoms with van der Waals surface area (Å²) < 4.78 is 0. The molecule has 1 aromatic carbocycles. The van der Waals surface area contributed by atoms with E-state index in [-0.39, 0.29) is 11.6 Å². The zero-order valence-electron chi connectivity index (χ0n) is 32.7. The molecule has 0 saturated heterocycles. The highest BCUT2D eigenvalue weighted by atomic mass is 32.2. The number of carbonyl (C=O) groups excluding carboxylic acids is 2. The molecule has 2 rings (SSSR count). The van der Waals surface area contributed by atoms with E-state index in [4.69, 9.17) is 0 Å². The fourth-order valence-electron chi connectivity index (χ4n) is 6.53. The maximum atomic E-state index is 13.1. The maximum Gasteiger partial charge on any atom is 0.200 e. The number of thioether (sulfide) groups is 1. The second kappa shape index (κ2) is 23.7. The van der Waals surface area contributed by atoms with Crippen LogP contribution in [0, 0.1) is 11.8 Å². The third-order valence-corrected chi connectivity index (χ3v) is 10.7. The van der Waals surface area contributed by atoms with Gasteiger partial charge >= 0.3 is 0 Å². The first-order valence-electron chi connectivity index (χ1n) is 19.2. The van der Waals surface area contributed by atoms with Gasteiger partial charge in [-0.25, -0.2) is 0 Å². The summed E-state index contributed by atoms with van der Waals surface area (Å²) >= 11 is 1.39. The van der Waals surface area contributed by atoms with Gasteiger partial charge in [0.25, 0.3) is 0 Å². The Morgan fingerprint density at radius 3 is 1.49 bits per heavy atom. The molecule has 1 aromatic rings. The van der Waals surface area contributed by atoms with Crippen LogP contribution in [-0.4, -0.2) is 17.8 Å². The van der Waals surface area contributed by atoms with Crippen molar-refractivity contribution in [2.75, 3.05) is 6.26 Å². The molecule has 0 spiro atoms. The van der Waals surface area contributed by atoms with E-state index in [1.54, 1.807) is 17.7 Å². The number of hydrogen-bond acceptors (Lipinski definition) is 3. The third-order valence-electron chi connectivity index (χ3n) is 9.90. The average molecular weight is 685 g/mol. The minimum absolute atomic E-state index is 0.00880. The van der Waals surface area contributed by atoms with Crippen molar-refractivity contribution in [2.45, 2.75) is 152 Å². The van der Waals surface area contributed by atoms with Crippen molar-refractivity contribution >= 4 is 23.3 Å². The molecule has 0 aromatic heterocycles. The lowest BCUT2D eigenvalue weighted by atomic mass is 9.87. The Bertz CT molecular complexity index is 1390. The van der Waals surface area contributed by atoms with Crippen LogP contribution in [0.5, 0.6) is 0 Å². The molecule has 1 aliphatic rings. The Morgan fingerprint density at radius 1 is 0.592 bits per heavy atom. The highest BCUT2D eigenvalue weighted by Gasteiger charge is 2.30. The van der Waals surface area contributed by atoms with Gasteiger partial charge < -0.3 is 0 Å². The molecule has 1 atom stereocenters. The Hall–Kier alpha value is -2.65. The fourth-order valence-corrected chi connectivity index (χ4v) is 7.24. The molecule has 270 valence electrons. The summed E-state index contributed by atoms with van der Waals surface area (Å²) in [6, 6.07) is 7.18. The molecule has 0 N–H and O–H groups in total. The summed E-state index contributed by atoms with van der Waals surface area (Å²) in [7, 11) is 0. The number of Topliss-reactive ketones (excluding diaryl/α,β-unsaturated/α-hetero) is 2. The van der Waals surface area contributed by atoms with E-state index in [0.29, 0.717) is 28.0 Å². The zero-order chi connectivity index (χ0) is 36.2. The lowest BCUT2D eigenvalue weighted by molar-refractivity contribution is 0.0980. The van der Waals surface area contributed by atoms with Crippen molar-refractivity contribution < 1.29 is 9.59 Å². The van der Waals surface area contributed by atoms with Crippen LogP contribution in [0.2, 0.25) is 0 Å². The maximum absolute atomic E-state index is 13.1. The van der Waals surface area contributed by atoms with Crippen LogP contribution in [0.3, 0.4) is 0 Å². The highest BCUT2D eigenvalue weighted by Crippen LogP contribution is 2.33. The van der Waals surface area contributed by atoms with E-state index in [0.717, 1.165) is 50.4 Å². The zero-order valence-corrected chi connectivity index (χ0v) is 33.5. The molecule has 0 heterocycles. The normalized spacial score (nSPS) is 15.8. The Morgan fingerprint density at radius 2 is 1.02 bits per heavy atom. The fraction of sp³-hybridized carbons (Fsp3) is 0.565. The lowest BCUT2D eigenvalue weighted by Crippen LogP contribution is -2.20. The van der Waals surface area contributed by atoms with E-state index >= 15 is 0 Å². The lowest BCUT2D eigenvalue weighted by Gasteiger charge is -2.19. The quantitative estimate of drug-likeness (QED) is 0.108. The molecular formula is C46H68O2S. The smallest absolute Gasteiger partial charge is 0.200 e. The first kappa shape index (κ1) is 42.5. The Labute approximate surface area is 305 Å². The van der Waals surface area contributed by atoms with Crippen molar-refractivity contribution in [1.29, 1.82) is 0 Å². The minimum Gasteiger partial charge on any atom is -0.289 e. The average Bonchev–Trinajstić information content (AvgIpc) is 3.05. The van der Waals surface area contributed by atoms with Crippen molar-refractivity contribution in [3.05, 3.63) is 104 Å². The number of allylic oxidation sites excluding steroid dienone is 12. The number of hydrogen-bond donors (Lipinski definition) is 0. The van der Waals surface area contributed by atoms with Crippen LogP contribution in [0.25, 0.3) is 0 Å². The van der Waals surface area contributed by atoms with E-state index < -0.39 is 0 Å². The molecule has 0 saturated carbocycles. The summed E-state index contributed by atoms with van der Waals surface area (Å²) in [4.78, 5) is 26.7. The first-order chi connectivity index (χ1) is 23.4. The van der Waals surface area contributed by atoms with Crippen molar-refractivity contribution in [3.63, 3.8) is 0 Å². The van der Waals surface area contributed by atoms with Gasteiger partial charge in [0.1, 0.15) is 0 Å². The Kier molecular flexibility index (Phi) is 20.6. The standard InChI is InChI=1S/C46H68O2S/c1-34(2)18-12-19-35(3)20-13-21-36(4)22-14-23-37(5)24-15-25-38(6)26-16-27-39(7)28-17-29-40(8)32-33-43-44(47)41-30-10-11-31-42(41)45(48)46(43)49-9/h10-11,22,24,26,28,30-32,34-35H,12-21,23,25,27,29,33H2,1-9H3/b36-22-,37-24-,38-26-,39-28-,40-32-. The Balaban J connectivity index is 1.65. The van der Waals surface area contributed by atoms with Crippen LogP contribution in [0.1, 0.15) is 172 Å². The van der Waals surface area contributed by atoms with Crippen molar-refractivity contribution in [3.8, 4) is 0 Å². The minimum atomic E-state index is -0.0229. The summed E-state index contributed by atoms with van der Waals surface area (Å²) in [5, 5.41) is 0. The van der Waals surface area contributed by atoms with Crippen LogP contribution in [-0.2, 0) is 0 Å². The second-order valence-corrected chi connectivity index (χ2v) is 16.0. The predicted molar refractivity (Wildman–Crippen MR) is 218 cm³/mol. The number of rotatable bonds is 23. The van der Waals surface area contributed by atoms with Gasteiger partial charge in [0.15, 0.2) is 5.78 Å². The molecule has 1 aliphatic carbocycles. The van der Waals surface area contributed by atoms with Crippen LogP contribution < -0.4 is 0 Å². The van der Waals surface area contributed by atoms with E-state index in [2.05, 4.69) is 85.8 Å². The summed E-state index contributed by atoms with van der Waals surface area (Å²) in [5.74, 6) is 1.67. The molecule has 0 fully saturated rings. The predicted octanol–water partition coefficient (Wildman–Crippen LogP) is 14.6. The number of carbonyl (C=O) groups is 2. The van der Waals surface area contributed by atoms with Crippen molar-refractivity contribution in [2.24, 2.45) is 11.8 Å². The van der Waals surface area contributed by atoms with Crippen LogP contribution >= 0.6 is 11.8 Å². The molecular weight excluding hydrogens is 617 g/mol. The van der Waals surface area contributed by atoms with Crippen LogP contribution in [0.4, 0.5) is 0 Å². The molecule has 0 bridgehead atoms. The molecule has 1 unspecified atom stereocenters. The van der Waals surface area contributed by atoms with Gasteiger partial charge in [0.2, 0.25) is 5.78 Å². The third kappa shape index (κ3) is 16.7. The van der Waals surface area contributed by atoms with Gasteiger partial charge in [-0.05, 0) is 123 Å². The van der Waals surface area contributed by atoms with Crippen molar-refractivity contribution in [1.82, 2.24) is 0 Å². The topological polar surface area (TPSA) is 34.1 Å². The first-order valence-corrected chi connectivity index (χ1v) is 20.4. The number of ketones is 2. The number of fused-ring (bicyclic) bond motifs is 1. The van der Waals surface area contributed by atoms with Gasteiger partial charge in [-0.1, -0.05) is 129 Å². The van der Waals surface area contributed by atoms with Crippen LogP contribution in [0.15, 0.2) is 93.0 Å². The van der Waals surface area contributed by atoms with Gasteiger partial charge in [-0.15, -0.1) is 11.8 Å².